The maximum Gasteiger partial charge on any atom is 0.393 e. The number of carbonyl (C=O) groups is 1. The van der Waals surface area contributed by atoms with Crippen LogP contribution in [0.4, 0.5) is 13.2 Å². The average molecular weight is 291 g/mol. The molecule has 3 fully saturated rings. The summed E-state index contributed by atoms with van der Waals surface area (Å²) in [6, 6.07) is 0. The lowest BCUT2D eigenvalue weighted by atomic mass is 9.88. The summed E-state index contributed by atoms with van der Waals surface area (Å²) in [4.78, 5) is 12.8. The van der Waals surface area contributed by atoms with Crippen molar-refractivity contribution in [3.05, 3.63) is 0 Å². The smallest absolute Gasteiger partial charge is 0.393 e. The van der Waals surface area contributed by atoms with E-state index >= 15 is 0 Å². The quantitative estimate of drug-likeness (QED) is 0.869. The number of likely N-dealkylation sites (tertiary alicyclic amines) is 1. The Hall–Kier alpha value is -0.780. The van der Waals surface area contributed by atoms with E-state index in [1.807, 2.05) is 0 Å². The van der Waals surface area contributed by atoms with Gasteiger partial charge in [0.15, 0.2) is 0 Å². The minimum Gasteiger partial charge on any atom is -0.481 e. The molecule has 0 amide bonds. The molecule has 2 saturated carbocycles. The van der Waals surface area contributed by atoms with Gasteiger partial charge in [0.25, 0.3) is 0 Å². The molecule has 0 aromatic heterocycles. The molecule has 0 aromatic carbocycles. The van der Waals surface area contributed by atoms with E-state index in [4.69, 9.17) is 5.11 Å². The second-order valence-electron chi connectivity index (χ2n) is 6.75. The van der Waals surface area contributed by atoms with E-state index in [9.17, 15) is 18.0 Å². The molecule has 6 heteroatoms. The number of nitrogens with zero attached hydrogens (tertiary/aromatic N) is 1. The van der Waals surface area contributed by atoms with E-state index in [1.165, 1.54) is 19.3 Å². The highest BCUT2D eigenvalue weighted by Gasteiger charge is 2.53. The summed E-state index contributed by atoms with van der Waals surface area (Å²) in [5.74, 6) is -2.42. The van der Waals surface area contributed by atoms with Gasteiger partial charge in [0.05, 0.1) is 11.8 Å². The first-order valence-corrected chi connectivity index (χ1v) is 7.36. The molecule has 0 spiro atoms. The van der Waals surface area contributed by atoms with Gasteiger partial charge in [-0.15, -0.1) is 0 Å². The Kier molecular flexibility index (Phi) is 3.47. The molecule has 1 aliphatic heterocycles. The van der Waals surface area contributed by atoms with Crippen LogP contribution in [0.25, 0.3) is 0 Å². The van der Waals surface area contributed by atoms with Crippen LogP contribution in [-0.2, 0) is 4.79 Å². The summed E-state index contributed by atoms with van der Waals surface area (Å²) < 4.78 is 38.8. The van der Waals surface area contributed by atoms with Gasteiger partial charge >= 0.3 is 12.1 Å². The van der Waals surface area contributed by atoms with Crippen LogP contribution in [0, 0.1) is 29.6 Å². The predicted molar refractivity (Wildman–Crippen MR) is 66.0 cm³/mol. The van der Waals surface area contributed by atoms with Gasteiger partial charge in [-0.05, 0) is 37.0 Å². The lowest BCUT2D eigenvalue weighted by molar-refractivity contribution is -0.188. The van der Waals surface area contributed by atoms with Gasteiger partial charge in [-0.25, -0.2) is 0 Å². The molecular formula is C14H20F3NO2. The monoisotopic (exact) mass is 291 g/mol. The molecule has 0 radical (unpaired) electrons. The molecule has 3 rings (SSSR count). The van der Waals surface area contributed by atoms with E-state index < -0.39 is 24.0 Å². The number of carboxylic acid groups (broad SMARTS) is 1. The molecule has 1 heterocycles. The standard InChI is InChI=1S/C14H20F3NO2/c15-14(16,17)12-7-18(6-11(12)13(19)20)5-10-4-8-1-2-9(10)3-8/h8-12H,1-7H2,(H,19,20)/t8?,9?,10?,11-,12-/m1/s1. The largest absolute Gasteiger partial charge is 0.481 e. The average Bonchev–Trinajstić information content (AvgIpc) is 3.00. The summed E-state index contributed by atoms with van der Waals surface area (Å²) in [5.41, 5.74) is 0. The minimum absolute atomic E-state index is 0.0490. The number of halogens is 3. The van der Waals surface area contributed by atoms with E-state index in [0.717, 1.165) is 12.3 Å². The zero-order chi connectivity index (χ0) is 14.5. The maximum atomic E-state index is 12.9. The van der Waals surface area contributed by atoms with Gasteiger partial charge in [-0.2, -0.15) is 13.2 Å². The van der Waals surface area contributed by atoms with Crippen LogP contribution in [0.1, 0.15) is 25.7 Å². The van der Waals surface area contributed by atoms with E-state index in [2.05, 4.69) is 0 Å². The summed E-state index contributed by atoms with van der Waals surface area (Å²) in [6.07, 6.45) is 0.407. The molecular weight excluding hydrogens is 271 g/mol. The normalized spacial score (nSPS) is 41.5. The Balaban J connectivity index is 1.63. The van der Waals surface area contributed by atoms with E-state index in [-0.39, 0.29) is 13.1 Å². The third-order valence-corrected chi connectivity index (χ3v) is 5.51. The molecule has 5 atom stereocenters. The Morgan fingerprint density at radius 1 is 1.20 bits per heavy atom. The number of aliphatic carboxylic acids is 1. The third-order valence-electron chi connectivity index (χ3n) is 5.51. The molecule has 20 heavy (non-hydrogen) atoms. The predicted octanol–water partition coefficient (Wildman–Crippen LogP) is 2.62. The molecule has 2 bridgehead atoms. The van der Waals surface area contributed by atoms with Crippen molar-refractivity contribution in [1.29, 1.82) is 0 Å². The number of hydrogen-bond donors (Lipinski definition) is 1. The van der Waals surface area contributed by atoms with Gasteiger partial charge in [-0.1, -0.05) is 6.42 Å². The lowest BCUT2D eigenvalue weighted by Crippen LogP contribution is -2.34. The van der Waals surface area contributed by atoms with Crippen LogP contribution in [0.3, 0.4) is 0 Å². The summed E-state index contributed by atoms with van der Waals surface area (Å²) in [5, 5.41) is 9.00. The van der Waals surface area contributed by atoms with Crippen molar-refractivity contribution in [2.75, 3.05) is 19.6 Å². The van der Waals surface area contributed by atoms with E-state index in [0.29, 0.717) is 18.4 Å². The van der Waals surface area contributed by atoms with Crippen molar-refractivity contribution < 1.29 is 23.1 Å². The Labute approximate surface area is 116 Å². The first-order chi connectivity index (χ1) is 9.34. The van der Waals surface area contributed by atoms with Crippen molar-refractivity contribution in [3.8, 4) is 0 Å². The summed E-state index contributed by atoms with van der Waals surface area (Å²) in [7, 11) is 0. The van der Waals surface area contributed by atoms with Crippen LogP contribution < -0.4 is 0 Å². The first-order valence-electron chi connectivity index (χ1n) is 7.36. The molecule has 3 nitrogen and oxygen atoms in total. The Bertz CT molecular complexity index is 398. The number of carboxylic acids is 1. The number of hydrogen-bond acceptors (Lipinski definition) is 2. The third kappa shape index (κ3) is 2.54. The minimum atomic E-state index is -4.41. The van der Waals surface area contributed by atoms with Gasteiger partial charge in [0.1, 0.15) is 0 Å². The van der Waals surface area contributed by atoms with Crippen LogP contribution in [0.5, 0.6) is 0 Å². The van der Waals surface area contributed by atoms with Crippen LogP contribution >= 0.6 is 0 Å². The second kappa shape index (κ2) is 4.90. The summed E-state index contributed by atoms with van der Waals surface area (Å²) >= 11 is 0. The fourth-order valence-electron chi connectivity index (χ4n) is 4.55. The van der Waals surface area contributed by atoms with Crippen LogP contribution in [0.15, 0.2) is 0 Å². The molecule has 1 saturated heterocycles. The Morgan fingerprint density at radius 2 is 1.95 bits per heavy atom. The highest BCUT2D eigenvalue weighted by molar-refractivity contribution is 5.71. The zero-order valence-corrected chi connectivity index (χ0v) is 11.3. The fraction of sp³-hybridized carbons (Fsp3) is 0.929. The molecule has 3 unspecified atom stereocenters. The van der Waals surface area contributed by atoms with Gasteiger partial charge in [0.2, 0.25) is 0 Å². The maximum absolute atomic E-state index is 12.9. The van der Waals surface area contributed by atoms with Crippen molar-refractivity contribution in [2.24, 2.45) is 29.6 Å². The van der Waals surface area contributed by atoms with Gasteiger partial charge in [0, 0.05) is 19.6 Å². The van der Waals surface area contributed by atoms with Crippen molar-refractivity contribution >= 4 is 5.97 Å². The van der Waals surface area contributed by atoms with E-state index in [1.54, 1.807) is 4.90 Å². The molecule has 3 aliphatic rings. The molecule has 114 valence electrons. The van der Waals surface area contributed by atoms with Crippen molar-refractivity contribution in [3.63, 3.8) is 0 Å². The van der Waals surface area contributed by atoms with Gasteiger partial charge < -0.3 is 10.0 Å². The SMILES string of the molecule is O=C(O)[C@@H]1CN(CC2CC3CCC2C3)C[C@H]1C(F)(F)F. The fourth-order valence-corrected chi connectivity index (χ4v) is 4.55. The number of alkyl halides is 3. The number of rotatable bonds is 3. The topological polar surface area (TPSA) is 40.5 Å². The molecule has 1 N–H and O–H groups in total. The molecule has 2 aliphatic carbocycles. The van der Waals surface area contributed by atoms with Crippen molar-refractivity contribution in [2.45, 2.75) is 31.9 Å². The number of fused-ring (bicyclic) bond motifs is 2. The lowest BCUT2D eigenvalue weighted by Gasteiger charge is -2.27. The Morgan fingerprint density at radius 3 is 2.40 bits per heavy atom. The first kappa shape index (κ1) is 14.2. The van der Waals surface area contributed by atoms with Crippen LogP contribution in [-0.4, -0.2) is 41.8 Å². The zero-order valence-electron chi connectivity index (χ0n) is 11.3. The second-order valence-corrected chi connectivity index (χ2v) is 6.75. The van der Waals surface area contributed by atoms with Crippen LogP contribution in [0.2, 0.25) is 0 Å². The molecule has 0 aromatic rings. The van der Waals surface area contributed by atoms with Crippen molar-refractivity contribution in [1.82, 2.24) is 4.90 Å². The van der Waals surface area contributed by atoms with Gasteiger partial charge in [-0.3, -0.25) is 4.79 Å². The highest BCUT2D eigenvalue weighted by atomic mass is 19.4. The summed E-state index contributed by atoms with van der Waals surface area (Å²) in [6.45, 7) is 0.555. The highest BCUT2D eigenvalue weighted by Crippen LogP contribution is 2.49.